The summed E-state index contributed by atoms with van der Waals surface area (Å²) in [6.07, 6.45) is 0.980. The zero-order chi connectivity index (χ0) is 38.3. The second-order valence-corrected chi connectivity index (χ2v) is 16.5. The van der Waals surface area contributed by atoms with Crippen molar-refractivity contribution in [1.82, 2.24) is 19.7 Å². The summed E-state index contributed by atoms with van der Waals surface area (Å²) >= 11 is 0. The highest BCUT2D eigenvalue weighted by molar-refractivity contribution is 7.52. The van der Waals surface area contributed by atoms with Crippen LogP contribution in [0.5, 0.6) is 5.75 Å². The van der Waals surface area contributed by atoms with Gasteiger partial charge in [0.2, 0.25) is 5.60 Å². The third-order valence-corrected chi connectivity index (χ3v) is 11.8. The summed E-state index contributed by atoms with van der Waals surface area (Å²) in [5.41, 5.74) is 9.68. The van der Waals surface area contributed by atoms with E-state index >= 15 is 0 Å². The van der Waals surface area contributed by atoms with Crippen LogP contribution in [0, 0.1) is 17.8 Å². The molecule has 1 aliphatic heterocycles. The molecule has 0 bridgehead atoms. The van der Waals surface area contributed by atoms with E-state index in [1.807, 2.05) is 0 Å². The van der Waals surface area contributed by atoms with E-state index < -0.39 is 73.0 Å². The van der Waals surface area contributed by atoms with Crippen LogP contribution in [-0.4, -0.2) is 74.6 Å². The predicted octanol–water partition coefficient (Wildman–Crippen LogP) is 4.27. The summed E-state index contributed by atoms with van der Waals surface area (Å²) in [6, 6.07) is 10.6. The van der Waals surface area contributed by atoms with Gasteiger partial charge in [0, 0.05) is 6.04 Å². The van der Waals surface area contributed by atoms with E-state index in [1.165, 1.54) is 17.8 Å². The topological polar surface area (TPSA) is 218 Å². The van der Waals surface area contributed by atoms with E-state index in [1.54, 1.807) is 77.1 Å². The van der Waals surface area contributed by atoms with Crippen molar-refractivity contribution in [1.29, 1.82) is 0 Å². The third kappa shape index (κ3) is 7.52. The number of hydrogen-bond donors (Lipinski definition) is 3. The van der Waals surface area contributed by atoms with Crippen LogP contribution in [-0.2, 0) is 42.4 Å². The van der Waals surface area contributed by atoms with Crippen LogP contribution in [0.4, 0.5) is 5.82 Å². The molecule has 3 heterocycles. The molecule has 2 aromatic heterocycles. The molecule has 1 aromatic carbocycles. The van der Waals surface area contributed by atoms with Crippen LogP contribution in [0.15, 0.2) is 48.8 Å². The first-order chi connectivity index (χ1) is 25.1. The minimum absolute atomic E-state index is 0.149. The zero-order valence-electron chi connectivity index (χ0n) is 30.8. The van der Waals surface area contributed by atoms with Gasteiger partial charge in [-0.05, 0) is 69.7 Å². The second kappa shape index (κ2) is 15.0. The fraction of sp³-hybridized carbons (Fsp3) is 0.583. The number of ether oxygens (including phenoxy) is 4. The van der Waals surface area contributed by atoms with Crippen molar-refractivity contribution in [2.75, 3.05) is 12.3 Å². The van der Waals surface area contributed by atoms with E-state index in [0.717, 1.165) is 25.7 Å². The Morgan fingerprint density at radius 1 is 1.00 bits per heavy atom. The molecule has 1 unspecified atom stereocenters. The molecule has 0 amide bonds. The van der Waals surface area contributed by atoms with Crippen molar-refractivity contribution in [3.63, 3.8) is 0 Å². The average molecular weight is 757 g/mol. The lowest BCUT2D eigenvalue weighted by atomic mass is 9.87. The molecule has 53 heavy (non-hydrogen) atoms. The second-order valence-electron chi connectivity index (χ2n) is 14.9. The normalized spacial score (nSPS) is 29.6. The quantitative estimate of drug-likeness (QED) is 0.119. The first kappa shape index (κ1) is 38.6. The number of fused-ring (bicyclic) bond motifs is 2. The molecule has 288 valence electrons. The van der Waals surface area contributed by atoms with E-state index in [2.05, 4.69) is 15.2 Å². The Hall–Kier alpha value is -4.08. The summed E-state index contributed by atoms with van der Waals surface area (Å²) in [5, 5.41) is 7.06. The summed E-state index contributed by atoms with van der Waals surface area (Å²) in [4.78, 5) is 44.1. The summed E-state index contributed by atoms with van der Waals surface area (Å²) in [5.74, 6) is -2.55. The molecule has 3 aromatic rings. The SMILES string of the molecule is CC(C)C(=O)O[C@H]1[C@H](c2ccc3c(N)ncnn23)O[C@]2(C)C(O[P@@](=O)(N[C@@H](C)C(=O)OC[C@H]3CC[C@H](N)CC3)Oc3ccccc3)[C@]12OC(=O)C(C)C. The highest BCUT2D eigenvalue weighted by atomic mass is 31.2. The highest BCUT2D eigenvalue weighted by Crippen LogP contribution is 2.71. The first-order valence-electron chi connectivity index (χ1n) is 18.0. The number of anilines is 1. The lowest BCUT2D eigenvalue weighted by Crippen LogP contribution is -2.45. The summed E-state index contributed by atoms with van der Waals surface area (Å²) in [6.45, 7) is 9.92. The monoisotopic (exact) mass is 756 g/mol. The molecule has 3 fully saturated rings. The number of carbonyl (C=O) groups excluding carboxylic acids is 3. The van der Waals surface area contributed by atoms with Crippen LogP contribution < -0.4 is 21.1 Å². The van der Waals surface area contributed by atoms with Gasteiger partial charge in [0.05, 0.1) is 24.1 Å². The first-order valence-corrected chi connectivity index (χ1v) is 19.5. The van der Waals surface area contributed by atoms with Crippen molar-refractivity contribution < 1.29 is 46.9 Å². The van der Waals surface area contributed by atoms with E-state index in [9.17, 15) is 18.9 Å². The van der Waals surface area contributed by atoms with Crippen LogP contribution in [0.1, 0.15) is 79.0 Å². The average Bonchev–Trinajstić information content (AvgIpc) is 3.37. The maximum atomic E-state index is 14.9. The van der Waals surface area contributed by atoms with Gasteiger partial charge in [-0.3, -0.25) is 18.9 Å². The molecule has 2 saturated carbocycles. The van der Waals surface area contributed by atoms with Crippen molar-refractivity contribution in [2.24, 2.45) is 23.5 Å². The number of nitrogens with two attached hydrogens (primary N) is 2. The maximum Gasteiger partial charge on any atom is 0.459 e. The number of hydrogen-bond acceptors (Lipinski definition) is 14. The number of rotatable bonds is 14. The Morgan fingerprint density at radius 3 is 2.34 bits per heavy atom. The number of aromatic nitrogens is 3. The minimum Gasteiger partial charge on any atom is -0.464 e. The van der Waals surface area contributed by atoms with Crippen molar-refractivity contribution in [2.45, 2.75) is 109 Å². The van der Waals surface area contributed by atoms with E-state index in [0.29, 0.717) is 11.2 Å². The number of nitrogen functional groups attached to an aromatic ring is 1. The summed E-state index contributed by atoms with van der Waals surface area (Å²) in [7, 11) is -4.54. The summed E-state index contributed by atoms with van der Waals surface area (Å²) < 4.78 is 53.3. The number of para-hydroxylation sites is 1. The van der Waals surface area contributed by atoms with Gasteiger partial charge in [0.25, 0.3) is 0 Å². The number of benzene rings is 1. The molecular weight excluding hydrogens is 707 g/mol. The fourth-order valence-corrected chi connectivity index (χ4v) is 8.75. The molecule has 0 spiro atoms. The minimum atomic E-state index is -4.54. The molecule has 16 nitrogen and oxygen atoms in total. The van der Waals surface area contributed by atoms with Gasteiger partial charge >= 0.3 is 25.7 Å². The van der Waals surface area contributed by atoms with Crippen LogP contribution >= 0.6 is 7.75 Å². The maximum absolute atomic E-state index is 14.9. The van der Waals surface area contributed by atoms with Crippen LogP contribution in [0.25, 0.3) is 5.52 Å². The van der Waals surface area contributed by atoms with Crippen LogP contribution in [0.2, 0.25) is 0 Å². The third-order valence-electron chi connectivity index (χ3n) is 10.2. The molecule has 2 aliphatic carbocycles. The molecule has 0 radical (unpaired) electrons. The molecular formula is C36H49N6O10P. The highest BCUT2D eigenvalue weighted by Gasteiger charge is 2.91. The Balaban J connectivity index is 1.34. The standard InChI is InChI=1S/C36H49N6O10P/c1-20(2)31(43)48-29-28(26-16-17-27-30(38)39-19-40-42(26)27)49-35(6)34(36(29,35)50-32(44)21(3)4)52-53(46,51-25-10-8-7-9-11-25)41-22(5)33(45)47-18-23-12-14-24(37)15-13-23/h7-11,16-17,19-24,28-29,34H,12-15,18,37H2,1-6H3,(H,41,46)(H2,38,39,40)/t22-,23-,24-,28-,29-,34?,35+,36+,53+/m0/s1. The van der Waals surface area contributed by atoms with Gasteiger partial charge in [-0.15, -0.1) is 0 Å². The van der Waals surface area contributed by atoms with Gasteiger partial charge in [0.15, 0.2) is 11.9 Å². The van der Waals surface area contributed by atoms with Crippen molar-refractivity contribution in [3.05, 3.63) is 54.5 Å². The largest absolute Gasteiger partial charge is 0.464 e. The number of carbonyl (C=O) groups is 3. The van der Waals surface area contributed by atoms with Gasteiger partial charge in [-0.2, -0.15) is 10.2 Å². The molecule has 17 heteroatoms. The lowest BCUT2D eigenvalue weighted by molar-refractivity contribution is -0.181. The Kier molecular flexibility index (Phi) is 10.9. The van der Waals surface area contributed by atoms with Gasteiger partial charge in [-0.1, -0.05) is 45.9 Å². The zero-order valence-corrected chi connectivity index (χ0v) is 31.7. The van der Waals surface area contributed by atoms with Gasteiger partial charge < -0.3 is 34.9 Å². The van der Waals surface area contributed by atoms with E-state index in [4.69, 9.17) is 39.5 Å². The van der Waals surface area contributed by atoms with Crippen LogP contribution in [0.3, 0.4) is 0 Å². The van der Waals surface area contributed by atoms with Gasteiger partial charge in [0.1, 0.15) is 41.4 Å². The molecule has 1 saturated heterocycles. The Morgan fingerprint density at radius 2 is 1.68 bits per heavy atom. The van der Waals surface area contributed by atoms with Crippen molar-refractivity contribution >= 4 is 37.0 Å². The number of esters is 3. The molecule has 6 rings (SSSR count). The predicted molar refractivity (Wildman–Crippen MR) is 191 cm³/mol. The Labute approximate surface area is 308 Å². The fourth-order valence-electron chi connectivity index (χ4n) is 6.98. The number of nitrogens with zero attached hydrogens (tertiary/aromatic N) is 3. The van der Waals surface area contributed by atoms with Crippen molar-refractivity contribution in [3.8, 4) is 5.75 Å². The number of nitrogens with one attached hydrogen (secondary N) is 1. The Bertz CT molecular complexity index is 1870. The molecule has 3 aliphatic rings. The molecule has 7 atom stereocenters. The molecule has 5 N–H and O–H groups in total. The smallest absolute Gasteiger partial charge is 0.459 e. The van der Waals surface area contributed by atoms with Gasteiger partial charge in [-0.25, -0.2) is 14.1 Å². The van der Waals surface area contributed by atoms with E-state index in [-0.39, 0.29) is 30.1 Å². The lowest BCUT2D eigenvalue weighted by Gasteiger charge is -2.31.